The molecule has 0 aromatic rings. The molecule has 0 aliphatic carbocycles. The maximum atomic E-state index is 9.92. The predicted octanol–water partition coefficient (Wildman–Crippen LogP) is 1.57. The summed E-state index contributed by atoms with van der Waals surface area (Å²) >= 11 is 0. The molecule has 0 amide bonds. The lowest BCUT2D eigenvalue weighted by Gasteiger charge is -2.33. The number of hydrogen-bond donors (Lipinski definition) is 1. The van der Waals surface area contributed by atoms with Gasteiger partial charge in [-0.25, -0.2) is 0 Å². The van der Waals surface area contributed by atoms with Gasteiger partial charge in [-0.05, 0) is 25.2 Å². The Morgan fingerprint density at radius 1 is 1.55 bits per heavy atom. The van der Waals surface area contributed by atoms with Gasteiger partial charge in [0.15, 0.2) is 0 Å². The van der Waals surface area contributed by atoms with Gasteiger partial charge in [-0.1, -0.05) is 13.8 Å². The van der Waals surface area contributed by atoms with Crippen LogP contribution in [0.15, 0.2) is 0 Å². The third-order valence-corrected chi connectivity index (χ3v) is 2.09. The van der Waals surface area contributed by atoms with Crippen molar-refractivity contribution < 1.29 is 9.84 Å². The normalized spacial score (nSPS) is 32.7. The molecule has 0 spiro atoms. The van der Waals surface area contributed by atoms with Crippen molar-refractivity contribution in [3.8, 4) is 0 Å². The Bertz CT molecular complexity index is 115. The maximum absolute atomic E-state index is 9.92. The zero-order chi connectivity index (χ0) is 8.32. The Morgan fingerprint density at radius 2 is 2.27 bits per heavy atom. The van der Waals surface area contributed by atoms with Gasteiger partial charge in [-0.3, -0.25) is 0 Å². The van der Waals surface area contributed by atoms with E-state index < -0.39 is 5.60 Å². The van der Waals surface area contributed by atoms with Crippen LogP contribution in [0.4, 0.5) is 0 Å². The molecule has 1 N–H and O–H groups in total. The standard InChI is InChI=1S/C9H18O2/c1-8(2)6-9(10)4-3-5-11-7-9/h8,10H,3-7H2,1-2H3. The highest BCUT2D eigenvalue weighted by molar-refractivity contribution is 4.81. The van der Waals surface area contributed by atoms with Gasteiger partial charge in [-0.2, -0.15) is 0 Å². The molecule has 0 aromatic heterocycles. The molecule has 1 unspecified atom stereocenters. The summed E-state index contributed by atoms with van der Waals surface area (Å²) in [5, 5.41) is 9.92. The summed E-state index contributed by atoms with van der Waals surface area (Å²) in [6.07, 6.45) is 2.78. The summed E-state index contributed by atoms with van der Waals surface area (Å²) < 4.78 is 5.24. The van der Waals surface area contributed by atoms with E-state index >= 15 is 0 Å². The molecule has 11 heavy (non-hydrogen) atoms. The van der Waals surface area contributed by atoms with Gasteiger partial charge >= 0.3 is 0 Å². The van der Waals surface area contributed by atoms with Gasteiger partial charge < -0.3 is 9.84 Å². The van der Waals surface area contributed by atoms with Crippen molar-refractivity contribution in [3.63, 3.8) is 0 Å². The highest BCUT2D eigenvalue weighted by Gasteiger charge is 2.30. The average molecular weight is 158 g/mol. The van der Waals surface area contributed by atoms with E-state index in [9.17, 15) is 5.11 Å². The largest absolute Gasteiger partial charge is 0.387 e. The van der Waals surface area contributed by atoms with Gasteiger partial charge in [-0.15, -0.1) is 0 Å². The van der Waals surface area contributed by atoms with Crippen molar-refractivity contribution >= 4 is 0 Å². The molecular weight excluding hydrogens is 140 g/mol. The van der Waals surface area contributed by atoms with Crippen LogP contribution in [0.1, 0.15) is 33.1 Å². The summed E-state index contributed by atoms with van der Waals surface area (Å²) in [7, 11) is 0. The van der Waals surface area contributed by atoms with Crippen molar-refractivity contribution in [1.29, 1.82) is 0 Å². The van der Waals surface area contributed by atoms with E-state index in [2.05, 4.69) is 13.8 Å². The zero-order valence-electron chi connectivity index (χ0n) is 7.47. The number of hydrogen-bond acceptors (Lipinski definition) is 2. The lowest BCUT2D eigenvalue weighted by molar-refractivity contribution is -0.0954. The van der Waals surface area contributed by atoms with E-state index in [-0.39, 0.29) is 0 Å². The van der Waals surface area contributed by atoms with Gasteiger partial charge in [0.2, 0.25) is 0 Å². The van der Waals surface area contributed by atoms with Crippen LogP contribution < -0.4 is 0 Å². The van der Waals surface area contributed by atoms with Crippen LogP contribution in [0.25, 0.3) is 0 Å². The van der Waals surface area contributed by atoms with E-state index in [1.54, 1.807) is 0 Å². The van der Waals surface area contributed by atoms with Crippen LogP contribution in [0.5, 0.6) is 0 Å². The number of aliphatic hydroxyl groups is 1. The smallest absolute Gasteiger partial charge is 0.0883 e. The molecule has 0 saturated carbocycles. The first-order valence-corrected chi connectivity index (χ1v) is 4.42. The molecule has 0 bridgehead atoms. The second-order valence-corrected chi connectivity index (χ2v) is 3.98. The van der Waals surface area contributed by atoms with Crippen molar-refractivity contribution in [2.75, 3.05) is 13.2 Å². The second-order valence-electron chi connectivity index (χ2n) is 3.98. The van der Waals surface area contributed by atoms with Gasteiger partial charge in [0.05, 0.1) is 12.2 Å². The fraction of sp³-hybridized carbons (Fsp3) is 1.00. The van der Waals surface area contributed by atoms with E-state index in [0.717, 1.165) is 25.9 Å². The SMILES string of the molecule is CC(C)CC1(O)CCCOC1. The van der Waals surface area contributed by atoms with Crippen LogP contribution in [0.2, 0.25) is 0 Å². The second kappa shape index (κ2) is 3.55. The zero-order valence-corrected chi connectivity index (χ0v) is 7.47. The minimum atomic E-state index is -0.521. The summed E-state index contributed by atoms with van der Waals surface area (Å²) in [4.78, 5) is 0. The van der Waals surface area contributed by atoms with Crippen molar-refractivity contribution in [2.45, 2.75) is 38.7 Å². The molecule has 1 fully saturated rings. The Balaban J connectivity index is 2.37. The minimum absolute atomic E-state index is 0.521. The summed E-state index contributed by atoms with van der Waals surface area (Å²) in [5.74, 6) is 0.557. The van der Waals surface area contributed by atoms with E-state index in [1.165, 1.54) is 0 Å². The van der Waals surface area contributed by atoms with Crippen LogP contribution in [0.3, 0.4) is 0 Å². The first-order chi connectivity index (χ1) is 5.12. The van der Waals surface area contributed by atoms with Crippen LogP contribution in [-0.4, -0.2) is 23.9 Å². The summed E-state index contributed by atoms with van der Waals surface area (Å²) in [6.45, 7) is 5.62. The topological polar surface area (TPSA) is 29.5 Å². The fourth-order valence-electron chi connectivity index (χ4n) is 1.76. The lowest BCUT2D eigenvalue weighted by atomic mass is 9.88. The highest BCUT2D eigenvalue weighted by atomic mass is 16.5. The molecule has 66 valence electrons. The minimum Gasteiger partial charge on any atom is -0.387 e. The van der Waals surface area contributed by atoms with Crippen molar-refractivity contribution in [1.82, 2.24) is 0 Å². The first kappa shape index (κ1) is 9.01. The molecule has 1 heterocycles. The van der Waals surface area contributed by atoms with Crippen LogP contribution >= 0.6 is 0 Å². The highest BCUT2D eigenvalue weighted by Crippen LogP contribution is 2.25. The first-order valence-electron chi connectivity index (χ1n) is 4.42. The summed E-state index contributed by atoms with van der Waals surface area (Å²) in [6, 6.07) is 0. The molecule has 2 heteroatoms. The molecule has 1 aliphatic heterocycles. The molecule has 2 nitrogen and oxygen atoms in total. The molecule has 0 radical (unpaired) electrons. The number of rotatable bonds is 2. The van der Waals surface area contributed by atoms with Gasteiger partial charge in [0.1, 0.15) is 0 Å². The Hall–Kier alpha value is -0.0800. The lowest BCUT2D eigenvalue weighted by Crippen LogP contribution is -2.39. The van der Waals surface area contributed by atoms with Crippen LogP contribution in [0, 0.1) is 5.92 Å². The van der Waals surface area contributed by atoms with Crippen LogP contribution in [-0.2, 0) is 4.74 Å². The maximum Gasteiger partial charge on any atom is 0.0883 e. The molecule has 1 atom stereocenters. The fourth-order valence-corrected chi connectivity index (χ4v) is 1.76. The predicted molar refractivity (Wildman–Crippen MR) is 44.5 cm³/mol. The Kier molecular flexibility index (Phi) is 2.90. The molecule has 1 saturated heterocycles. The summed E-state index contributed by atoms with van der Waals surface area (Å²) in [5.41, 5.74) is -0.521. The molecule has 1 aliphatic rings. The van der Waals surface area contributed by atoms with E-state index in [0.29, 0.717) is 12.5 Å². The molecule has 1 rings (SSSR count). The monoisotopic (exact) mass is 158 g/mol. The third kappa shape index (κ3) is 2.80. The Morgan fingerprint density at radius 3 is 2.73 bits per heavy atom. The van der Waals surface area contributed by atoms with E-state index in [4.69, 9.17) is 4.74 Å². The third-order valence-electron chi connectivity index (χ3n) is 2.09. The van der Waals surface area contributed by atoms with Gasteiger partial charge in [0, 0.05) is 6.61 Å². The van der Waals surface area contributed by atoms with Crippen molar-refractivity contribution in [2.24, 2.45) is 5.92 Å². The quantitative estimate of drug-likeness (QED) is 0.661. The van der Waals surface area contributed by atoms with Gasteiger partial charge in [0.25, 0.3) is 0 Å². The molecule has 0 aromatic carbocycles. The number of ether oxygens (including phenoxy) is 1. The average Bonchev–Trinajstić information content (AvgIpc) is 1.85. The Labute approximate surface area is 68.6 Å². The van der Waals surface area contributed by atoms with E-state index in [1.807, 2.05) is 0 Å². The molecular formula is C9H18O2. The van der Waals surface area contributed by atoms with Crippen molar-refractivity contribution in [3.05, 3.63) is 0 Å².